The van der Waals surface area contributed by atoms with E-state index in [1.165, 1.54) is 0 Å². The Morgan fingerprint density at radius 1 is 1.67 bits per heavy atom. The maximum atomic E-state index is 6.05. The van der Waals surface area contributed by atoms with Crippen LogP contribution in [-0.4, -0.2) is 23.5 Å². The summed E-state index contributed by atoms with van der Waals surface area (Å²) in [4.78, 5) is 0. The standard InChI is InChI=1S/C10H18ClN3O/c1-3-4-9(12)10-8(11)7-13-14(10)5-6-15-2/h7,9H,3-6,12H2,1-2H3. The minimum atomic E-state index is -0.0399. The predicted molar refractivity (Wildman–Crippen MR) is 60.9 cm³/mol. The fourth-order valence-electron chi connectivity index (χ4n) is 1.54. The van der Waals surface area contributed by atoms with Gasteiger partial charge in [-0.2, -0.15) is 5.10 Å². The number of hydrogen-bond acceptors (Lipinski definition) is 3. The van der Waals surface area contributed by atoms with E-state index in [1.54, 1.807) is 13.3 Å². The van der Waals surface area contributed by atoms with Gasteiger partial charge in [-0.15, -0.1) is 0 Å². The molecule has 0 amide bonds. The Kier molecular flexibility index (Phi) is 5.08. The molecule has 0 aliphatic rings. The first-order valence-electron chi connectivity index (χ1n) is 5.16. The zero-order valence-electron chi connectivity index (χ0n) is 9.24. The van der Waals surface area contributed by atoms with Crippen molar-refractivity contribution in [2.24, 2.45) is 5.73 Å². The molecule has 0 aliphatic carbocycles. The fraction of sp³-hybridized carbons (Fsp3) is 0.700. The van der Waals surface area contributed by atoms with Crippen LogP contribution in [0.1, 0.15) is 31.5 Å². The highest BCUT2D eigenvalue weighted by Crippen LogP contribution is 2.24. The molecule has 1 atom stereocenters. The van der Waals surface area contributed by atoms with Gasteiger partial charge in [-0.05, 0) is 6.42 Å². The van der Waals surface area contributed by atoms with Gasteiger partial charge in [0.2, 0.25) is 0 Å². The molecule has 0 saturated heterocycles. The highest BCUT2D eigenvalue weighted by Gasteiger charge is 2.15. The summed E-state index contributed by atoms with van der Waals surface area (Å²) in [6.45, 7) is 3.41. The molecule has 0 bridgehead atoms. The third kappa shape index (κ3) is 3.19. The molecule has 0 spiro atoms. The van der Waals surface area contributed by atoms with Crippen LogP contribution in [0.3, 0.4) is 0 Å². The van der Waals surface area contributed by atoms with Crippen LogP contribution in [0, 0.1) is 0 Å². The van der Waals surface area contributed by atoms with Crippen molar-refractivity contribution in [3.8, 4) is 0 Å². The van der Waals surface area contributed by atoms with Crippen LogP contribution in [-0.2, 0) is 11.3 Å². The minimum Gasteiger partial charge on any atom is -0.383 e. The van der Waals surface area contributed by atoms with Crippen LogP contribution in [0.15, 0.2) is 6.20 Å². The molecule has 1 rings (SSSR count). The highest BCUT2D eigenvalue weighted by molar-refractivity contribution is 6.31. The maximum Gasteiger partial charge on any atom is 0.0834 e. The van der Waals surface area contributed by atoms with Crippen LogP contribution in [0.2, 0.25) is 5.02 Å². The lowest BCUT2D eigenvalue weighted by atomic mass is 10.1. The minimum absolute atomic E-state index is 0.0399. The van der Waals surface area contributed by atoms with Crippen LogP contribution < -0.4 is 5.73 Å². The van der Waals surface area contributed by atoms with Crippen molar-refractivity contribution in [3.63, 3.8) is 0 Å². The largest absolute Gasteiger partial charge is 0.383 e. The van der Waals surface area contributed by atoms with Crippen LogP contribution in [0.5, 0.6) is 0 Å². The third-order valence-electron chi connectivity index (χ3n) is 2.29. The summed E-state index contributed by atoms with van der Waals surface area (Å²) in [6.07, 6.45) is 3.59. The molecular weight excluding hydrogens is 214 g/mol. The van der Waals surface area contributed by atoms with E-state index in [4.69, 9.17) is 22.1 Å². The van der Waals surface area contributed by atoms with Crippen molar-refractivity contribution in [3.05, 3.63) is 16.9 Å². The summed E-state index contributed by atoms with van der Waals surface area (Å²) in [5.74, 6) is 0. The number of nitrogens with zero attached hydrogens (tertiary/aromatic N) is 2. The van der Waals surface area contributed by atoms with Crippen molar-refractivity contribution >= 4 is 11.6 Å². The van der Waals surface area contributed by atoms with Crippen LogP contribution in [0.4, 0.5) is 0 Å². The van der Waals surface area contributed by atoms with E-state index in [9.17, 15) is 0 Å². The summed E-state index contributed by atoms with van der Waals surface area (Å²) in [6, 6.07) is -0.0399. The van der Waals surface area contributed by atoms with Gasteiger partial charge in [-0.25, -0.2) is 0 Å². The van der Waals surface area contributed by atoms with Crippen molar-refractivity contribution in [1.29, 1.82) is 0 Å². The normalized spacial score (nSPS) is 13.1. The van der Waals surface area contributed by atoms with Gasteiger partial charge in [-0.1, -0.05) is 24.9 Å². The van der Waals surface area contributed by atoms with E-state index in [2.05, 4.69) is 12.0 Å². The SMILES string of the molecule is CCCC(N)c1c(Cl)cnn1CCOC. The Labute approximate surface area is 95.3 Å². The van der Waals surface area contributed by atoms with Crippen molar-refractivity contribution in [2.75, 3.05) is 13.7 Å². The molecule has 86 valence electrons. The van der Waals surface area contributed by atoms with Gasteiger partial charge in [0.15, 0.2) is 0 Å². The van der Waals surface area contributed by atoms with Gasteiger partial charge in [0.1, 0.15) is 0 Å². The highest BCUT2D eigenvalue weighted by atomic mass is 35.5. The lowest BCUT2D eigenvalue weighted by Crippen LogP contribution is -2.18. The van der Waals surface area contributed by atoms with Crippen molar-refractivity contribution in [2.45, 2.75) is 32.4 Å². The molecular formula is C10H18ClN3O. The molecule has 1 aromatic heterocycles. The predicted octanol–water partition coefficient (Wildman–Crippen LogP) is 1.98. The number of halogens is 1. The number of rotatable bonds is 6. The third-order valence-corrected chi connectivity index (χ3v) is 2.58. The lowest BCUT2D eigenvalue weighted by molar-refractivity contribution is 0.182. The number of aromatic nitrogens is 2. The quantitative estimate of drug-likeness (QED) is 0.815. The zero-order valence-corrected chi connectivity index (χ0v) is 10.00. The van der Waals surface area contributed by atoms with E-state index >= 15 is 0 Å². The average molecular weight is 232 g/mol. The molecule has 0 saturated carbocycles. The summed E-state index contributed by atoms with van der Waals surface area (Å²) >= 11 is 6.05. The number of ether oxygens (including phenoxy) is 1. The summed E-state index contributed by atoms with van der Waals surface area (Å²) in [5.41, 5.74) is 6.95. The first-order valence-corrected chi connectivity index (χ1v) is 5.54. The van der Waals surface area contributed by atoms with Gasteiger partial charge >= 0.3 is 0 Å². The Balaban J connectivity index is 2.78. The molecule has 0 aromatic carbocycles. The summed E-state index contributed by atoms with van der Waals surface area (Å²) in [5, 5.41) is 4.83. The smallest absolute Gasteiger partial charge is 0.0834 e. The van der Waals surface area contributed by atoms with Crippen molar-refractivity contribution < 1.29 is 4.74 Å². The maximum absolute atomic E-state index is 6.05. The molecule has 0 aliphatic heterocycles. The molecule has 5 heteroatoms. The van der Waals surface area contributed by atoms with Gasteiger partial charge < -0.3 is 10.5 Å². The zero-order chi connectivity index (χ0) is 11.3. The first kappa shape index (κ1) is 12.5. The second-order valence-corrected chi connectivity index (χ2v) is 3.90. The topological polar surface area (TPSA) is 53.1 Å². The molecule has 1 unspecified atom stereocenters. The van der Waals surface area contributed by atoms with Crippen LogP contribution >= 0.6 is 11.6 Å². The van der Waals surface area contributed by atoms with E-state index in [0.29, 0.717) is 18.2 Å². The number of nitrogens with two attached hydrogens (primary N) is 1. The van der Waals surface area contributed by atoms with Gasteiger partial charge in [0, 0.05) is 13.2 Å². The molecule has 1 heterocycles. The molecule has 4 nitrogen and oxygen atoms in total. The number of methoxy groups -OCH3 is 1. The first-order chi connectivity index (χ1) is 7.20. The lowest BCUT2D eigenvalue weighted by Gasteiger charge is -2.13. The second kappa shape index (κ2) is 6.10. The van der Waals surface area contributed by atoms with Crippen molar-refractivity contribution in [1.82, 2.24) is 9.78 Å². The number of hydrogen-bond donors (Lipinski definition) is 1. The van der Waals surface area contributed by atoms with Gasteiger partial charge in [-0.3, -0.25) is 4.68 Å². The Hall–Kier alpha value is -0.580. The van der Waals surface area contributed by atoms with E-state index in [0.717, 1.165) is 18.5 Å². The van der Waals surface area contributed by atoms with E-state index in [-0.39, 0.29) is 6.04 Å². The monoisotopic (exact) mass is 231 g/mol. The molecule has 0 radical (unpaired) electrons. The molecule has 1 aromatic rings. The second-order valence-electron chi connectivity index (χ2n) is 3.49. The summed E-state index contributed by atoms with van der Waals surface area (Å²) in [7, 11) is 1.66. The Bertz CT molecular complexity index is 301. The van der Waals surface area contributed by atoms with Gasteiger partial charge in [0.25, 0.3) is 0 Å². The average Bonchev–Trinajstić information content (AvgIpc) is 2.57. The molecule has 2 N–H and O–H groups in total. The molecule has 0 fully saturated rings. The van der Waals surface area contributed by atoms with Crippen LogP contribution in [0.25, 0.3) is 0 Å². The Morgan fingerprint density at radius 3 is 3.00 bits per heavy atom. The Morgan fingerprint density at radius 2 is 2.40 bits per heavy atom. The van der Waals surface area contributed by atoms with E-state index < -0.39 is 0 Å². The van der Waals surface area contributed by atoms with E-state index in [1.807, 2.05) is 4.68 Å². The molecule has 15 heavy (non-hydrogen) atoms. The van der Waals surface area contributed by atoms with Gasteiger partial charge in [0.05, 0.1) is 30.1 Å². The fourth-order valence-corrected chi connectivity index (χ4v) is 1.83. The summed E-state index contributed by atoms with van der Waals surface area (Å²) < 4.78 is 6.83.